The number of nitrogens with one attached hydrogen (secondary N) is 1. The van der Waals surface area contributed by atoms with Crippen molar-refractivity contribution in [2.75, 3.05) is 13.1 Å². The summed E-state index contributed by atoms with van der Waals surface area (Å²) in [6, 6.07) is 10.6. The van der Waals surface area contributed by atoms with Crippen molar-refractivity contribution in [3.63, 3.8) is 0 Å². The van der Waals surface area contributed by atoms with Gasteiger partial charge in [0.05, 0.1) is 0 Å². The second-order valence-electron chi connectivity index (χ2n) is 3.42. The molecule has 0 spiro atoms. The molecule has 1 heteroatoms. The summed E-state index contributed by atoms with van der Waals surface area (Å²) in [6.45, 7) is 5.86. The molecule has 0 amide bonds. The Hall–Kier alpha value is -1.08. The average Bonchev–Trinajstić information content (AvgIpc) is 2.25. The first kappa shape index (κ1) is 11.0. The van der Waals surface area contributed by atoms with E-state index in [2.05, 4.69) is 42.2 Å². The fraction of sp³-hybridized carbons (Fsp3) is 0.385. The zero-order chi connectivity index (χ0) is 10.1. The molecule has 1 aromatic carbocycles. The lowest BCUT2D eigenvalue weighted by molar-refractivity contribution is 0.653. The fourth-order valence-corrected chi connectivity index (χ4v) is 1.37. The van der Waals surface area contributed by atoms with Gasteiger partial charge in [0.15, 0.2) is 0 Å². The van der Waals surface area contributed by atoms with Crippen LogP contribution in [-0.4, -0.2) is 13.1 Å². The van der Waals surface area contributed by atoms with Gasteiger partial charge in [-0.2, -0.15) is 0 Å². The van der Waals surface area contributed by atoms with Crippen LogP contribution in [0, 0.1) is 0 Å². The number of rotatable bonds is 7. The zero-order valence-electron chi connectivity index (χ0n) is 8.71. The highest BCUT2D eigenvalue weighted by molar-refractivity contribution is 5.14. The summed E-state index contributed by atoms with van der Waals surface area (Å²) in [5.74, 6) is 0. The largest absolute Gasteiger partial charge is 0.316 e. The van der Waals surface area contributed by atoms with Crippen molar-refractivity contribution in [3.05, 3.63) is 48.6 Å². The average molecular weight is 189 g/mol. The van der Waals surface area contributed by atoms with Crippen molar-refractivity contribution >= 4 is 0 Å². The van der Waals surface area contributed by atoms with E-state index in [9.17, 15) is 0 Å². The summed E-state index contributed by atoms with van der Waals surface area (Å²) in [4.78, 5) is 0. The highest BCUT2D eigenvalue weighted by atomic mass is 14.8. The van der Waals surface area contributed by atoms with Crippen LogP contribution in [0.5, 0.6) is 0 Å². The van der Waals surface area contributed by atoms with Crippen LogP contribution in [0.4, 0.5) is 0 Å². The Kier molecular flexibility index (Phi) is 5.76. The third-order valence-corrected chi connectivity index (χ3v) is 2.20. The molecule has 0 unspecified atom stereocenters. The second-order valence-corrected chi connectivity index (χ2v) is 3.42. The number of hydrogen-bond acceptors (Lipinski definition) is 1. The van der Waals surface area contributed by atoms with Gasteiger partial charge in [0.1, 0.15) is 0 Å². The molecule has 0 aliphatic rings. The lowest BCUT2D eigenvalue weighted by Gasteiger charge is -2.03. The van der Waals surface area contributed by atoms with Crippen LogP contribution in [0.25, 0.3) is 0 Å². The predicted octanol–water partition coefficient (Wildman–Crippen LogP) is 2.78. The Balaban J connectivity index is 2.02. The highest BCUT2D eigenvalue weighted by Gasteiger charge is 1.90. The number of allylic oxidation sites excluding steroid dienone is 1. The lowest BCUT2D eigenvalue weighted by Crippen LogP contribution is -2.18. The third-order valence-electron chi connectivity index (χ3n) is 2.20. The molecular formula is C13H19N. The first-order valence-electron chi connectivity index (χ1n) is 5.29. The summed E-state index contributed by atoms with van der Waals surface area (Å²) in [6.07, 6.45) is 5.39. The van der Waals surface area contributed by atoms with Crippen LogP contribution in [0.15, 0.2) is 43.0 Å². The molecule has 0 bridgehead atoms. The van der Waals surface area contributed by atoms with Gasteiger partial charge in [-0.3, -0.25) is 0 Å². The van der Waals surface area contributed by atoms with Gasteiger partial charge < -0.3 is 5.32 Å². The number of unbranched alkanes of at least 4 members (excludes halogenated alkanes) is 1. The Morgan fingerprint density at radius 3 is 2.64 bits per heavy atom. The minimum absolute atomic E-state index is 1.07. The predicted molar refractivity (Wildman–Crippen MR) is 62.4 cm³/mol. The van der Waals surface area contributed by atoms with Crippen molar-refractivity contribution < 1.29 is 0 Å². The van der Waals surface area contributed by atoms with Crippen LogP contribution in [0.3, 0.4) is 0 Å². The van der Waals surface area contributed by atoms with Gasteiger partial charge in [0.2, 0.25) is 0 Å². The number of benzene rings is 1. The molecule has 0 saturated carbocycles. The molecule has 76 valence electrons. The molecule has 0 aliphatic heterocycles. The van der Waals surface area contributed by atoms with Gasteiger partial charge in [0.25, 0.3) is 0 Å². The zero-order valence-corrected chi connectivity index (χ0v) is 8.71. The molecule has 0 aliphatic carbocycles. The van der Waals surface area contributed by atoms with Crippen molar-refractivity contribution in [1.82, 2.24) is 5.32 Å². The van der Waals surface area contributed by atoms with Gasteiger partial charge in [-0.1, -0.05) is 36.4 Å². The van der Waals surface area contributed by atoms with E-state index in [-0.39, 0.29) is 0 Å². The first-order valence-corrected chi connectivity index (χ1v) is 5.29. The van der Waals surface area contributed by atoms with E-state index in [1.54, 1.807) is 0 Å². The number of hydrogen-bond donors (Lipinski definition) is 1. The Morgan fingerprint density at radius 1 is 1.14 bits per heavy atom. The van der Waals surface area contributed by atoms with E-state index in [1.165, 1.54) is 12.0 Å². The molecule has 0 atom stereocenters. The summed E-state index contributed by atoms with van der Waals surface area (Å²) in [5.41, 5.74) is 1.41. The molecule has 0 radical (unpaired) electrons. The summed E-state index contributed by atoms with van der Waals surface area (Å²) in [7, 11) is 0. The van der Waals surface area contributed by atoms with E-state index in [1.807, 2.05) is 6.08 Å². The van der Waals surface area contributed by atoms with Gasteiger partial charge in [-0.05, 0) is 37.9 Å². The molecule has 1 rings (SSSR count). The summed E-state index contributed by atoms with van der Waals surface area (Å²) >= 11 is 0. The van der Waals surface area contributed by atoms with E-state index >= 15 is 0 Å². The Morgan fingerprint density at radius 2 is 1.93 bits per heavy atom. The summed E-state index contributed by atoms with van der Waals surface area (Å²) in [5, 5.41) is 3.42. The van der Waals surface area contributed by atoms with Crippen LogP contribution < -0.4 is 5.32 Å². The van der Waals surface area contributed by atoms with Crippen molar-refractivity contribution in [2.24, 2.45) is 0 Å². The maximum atomic E-state index is 3.70. The molecule has 0 fully saturated rings. The Labute approximate surface area is 86.8 Å². The highest BCUT2D eigenvalue weighted by Crippen LogP contribution is 1.98. The smallest absolute Gasteiger partial charge is 0.000835 e. The molecular weight excluding hydrogens is 170 g/mol. The molecule has 0 heterocycles. The van der Waals surface area contributed by atoms with E-state index in [0.29, 0.717) is 0 Å². The van der Waals surface area contributed by atoms with Gasteiger partial charge in [-0.15, -0.1) is 6.58 Å². The third kappa shape index (κ3) is 4.83. The van der Waals surface area contributed by atoms with E-state index < -0.39 is 0 Å². The lowest BCUT2D eigenvalue weighted by atomic mass is 10.1. The SMILES string of the molecule is C=CCCCNCCc1ccccc1. The molecule has 0 aromatic heterocycles. The summed E-state index contributed by atoms with van der Waals surface area (Å²) < 4.78 is 0. The monoisotopic (exact) mass is 189 g/mol. The first-order chi connectivity index (χ1) is 6.93. The van der Waals surface area contributed by atoms with E-state index in [4.69, 9.17) is 0 Å². The standard InChI is InChI=1S/C13H19N/c1-2-3-7-11-14-12-10-13-8-5-4-6-9-13/h2,4-6,8-9,14H,1,3,7,10-12H2. The molecule has 14 heavy (non-hydrogen) atoms. The maximum Gasteiger partial charge on any atom is -0.000835 e. The topological polar surface area (TPSA) is 12.0 Å². The van der Waals surface area contributed by atoms with Crippen LogP contribution >= 0.6 is 0 Å². The maximum absolute atomic E-state index is 3.70. The van der Waals surface area contributed by atoms with Crippen molar-refractivity contribution in [2.45, 2.75) is 19.3 Å². The van der Waals surface area contributed by atoms with E-state index in [0.717, 1.165) is 25.9 Å². The molecule has 0 saturated heterocycles. The fourth-order valence-electron chi connectivity index (χ4n) is 1.37. The quantitative estimate of drug-likeness (QED) is 0.514. The normalized spacial score (nSPS) is 10.0. The van der Waals surface area contributed by atoms with Crippen LogP contribution in [0.2, 0.25) is 0 Å². The minimum Gasteiger partial charge on any atom is -0.316 e. The van der Waals surface area contributed by atoms with Crippen molar-refractivity contribution in [1.29, 1.82) is 0 Å². The molecule has 1 aromatic rings. The Bertz CT molecular complexity index is 241. The van der Waals surface area contributed by atoms with Gasteiger partial charge >= 0.3 is 0 Å². The van der Waals surface area contributed by atoms with Gasteiger partial charge in [0, 0.05) is 0 Å². The van der Waals surface area contributed by atoms with Crippen LogP contribution in [0.1, 0.15) is 18.4 Å². The van der Waals surface area contributed by atoms with Crippen LogP contribution in [-0.2, 0) is 6.42 Å². The second kappa shape index (κ2) is 7.34. The van der Waals surface area contributed by atoms with Crippen molar-refractivity contribution in [3.8, 4) is 0 Å². The van der Waals surface area contributed by atoms with Gasteiger partial charge in [-0.25, -0.2) is 0 Å². The molecule has 1 N–H and O–H groups in total. The molecule has 1 nitrogen and oxygen atoms in total. The minimum atomic E-state index is 1.07.